The van der Waals surface area contributed by atoms with E-state index in [1.54, 1.807) is 12.1 Å². The summed E-state index contributed by atoms with van der Waals surface area (Å²) in [7, 11) is 0. The van der Waals surface area contributed by atoms with Crippen LogP contribution >= 0.6 is 0 Å². The second kappa shape index (κ2) is 16.6. The monoisotopic (exact) mass is 741 g/mol. The zero-order valence-electron chi connectivity index (χ0n) is 31.4. The average Bonchev–Trinajstić information content (AvgIpc) is 3.21. The molecule has 286 valence electrons. The van der Waals surface area contributed by atoms with Crippen molar-refractivity contribution < 1.29 is 24.2 Å². The molecule has 4 aliphatic rings. The van der Waals surface area contributed by atoms with Crippen LogP contribution in [0.2, 0.25) is 0 Å². The Morgan fingerprint density at radius 1 is 0.782 bits per heavy atom. The Labute approximate surface area is 323 Å². The van der Waals surface area contributed by atoms with Crippen LogP contribution in [0.25, 0.3) is 0 Å². The number of aryl methyl sites for hydroxylation is 1. The molecule has 0 bridgehead atoms. The van der Waals surface area contributed by atoms with Crippen molar-refractivity contribution in [2.45, 2.75) is 56.4 Å². The molecule has 1 aliphatic carbocycles. The van der Waals surface area contributed by atoms with Crippen molar-refractivity contribution in [1.29, 1.82) is 0 Å². The van der Waals surface area contributed by atoms with Gasteiger partial charge >= 0.3 is 0 Å². The van der Waals surface area contributed by atoms with Crippen LogP contribution in [-0.4, -0.2) is 91.1 Å². The molecule has 10 heteroatoms. The van der Waals surface area contributed by atoms with E-state index in [-0.39, 0.29) is 30.2 Å². The van der Waals surface area contributed by atoms with E-state index >= 15 is 0 Å². The molecule has 0 aromatic heterocycles. The van der Waals surface area contributed by atoms with E-state index in [0.29, 0.717) is 55.0 Å². The van der Waals surface area contributed by atoms with Crippen LogP contribution in [-0.2, 0) is 20.8 Å². The van der Waals surface area contributed by atoms with Crippen molar-refractivity contribution in [3.63, 3.8) is 0 Å². The molecule has 3 heterocycles. The maximum atomic E-state index is 13.0. The summed E-state index contributed by atoms with van der Waals surface area (Å²) in [6.07, 6.45) is 5.09. The number of nitrogens with one attached hydrogen (secondary N) is 2. The van der Waals surface area contributed by atoms with Gasteiger partial charge in [-0.25, -0.2) is 0 Å². The number of piperazine rings is 1. The number of fused-ring (bicyclic) bond motifs is 1. The number of rotatable bonds is 10. The molecule has 3 amide bonds. The first-order valence-electron chi connectivity index (χ1n) is 19.9. The van der Waals surface area contributed by atoms with Gasteiger partial charge in [0.25, 0.3) is 5.91 Å². The Kier molecular flexibility index (Phi) is 11.0. The highest BCUT2D eigenvalue weighted by Crippen LogP contribution is 2.47. The van der Waals surface area contributed by atoms with E-state index in [4.69, 9.17) is 4.74 Å². The lowest BCUT2D eigenvalue weighted by Gasteiger charge is -2.39. The summed E-state index contributed by atoms with van der Waals surface area (Å²) in [5, 5.41) is 15.7. The lowest BCUT2D eigenvalue weighted by Crippen LogP contribution is -2.51. The molecule has 4 aromatic carbocycles. The van der Waals surface area contributed by atoms with Crippen molar-refractivity contribution >= 4 is 29.1 Å². The maximum absolute atomic E-state index is 13.0. The molecule has 10 nitrogen and oxygen atoms in total. The number of imide groups is 1. The lowest BCUT2D eigenvalue weighted by atomic mass is 9.69. The van der Waals surface area contributed by atoms with Gasteiger partial charge in [-0.2, -0.15) is 0 Å². The fraction of sp³-hybridized carbons (Fsp3) is 0.400. The summed E-state index contributed by atoms with van der Waals surface area (Å²) in [6, 6.07) is 32.8. The van der Waals surface area contributed by atoms with Crippen LogP contribution in [0.1, 0.15) is 66.2 Å². The molecule has 1 unspecified atom stereocenters. The summed E-state index contributed by atoms with van der Waals surface area (Å²) in [5.74, 6) is 1.59. The van der Waals surface area contributed by atoms with E-state index in [1.165, 1.54) is 27.9 Å². The Morgan fingerprint density at radius 2 is 1.56 bits per heavy atom. The molecule has 0 spiro atoms. The number of hydrogen-bond donors (Lipinski definition) is 3. The Balaban J connectivity index is 0.790. The minimum Gasteiger partial charge on any atom is -0.508 e. The first-order chi connectivity index (χ1) is 26.9. The third-order valence-corrected chi connectivity index (χ3v) is 12.1. The number of piperidine rings is 2. The van der Waals surface area contributed by atoms with Gasteiger partial charge in [0.15, 0.2) is 6.61 Å². The van der Waals surface area contributed by atoms with Gasteiger partial charge in [-0.3, -0.25) is 24.6 Å². The zero-order chi connectivity index (χ0) is 37.7. The fourth-order valence-electron chi connectivity index (χ4n) is 9.03. The lowest BCUT2D eigenvalue weighted by molar-refractivity contribution is -0.135. The van der Waals surface area contributed by atoms with Crippen LogP contribution in [0, 0.1) is 5.92 Å². The predicted octanol–water partition coefficient (Wildman–Crippen LogP) is 5.91. The summed E-state index contributed by atoms with van der Waals surface area (Å²) in [6.45, 7) is 6.25. The molecule has 3 atom stereocenters. The van der Waals surface area contributed by atoms with Gasteiger partial charge in [0, 0.05) is 75.6 Å². The second-order valence-corrected chi connectivity index (χ2v) is 15.6. The van der Waals surface area contributed by atoms with Gasteiger partial charge in [-0.05, 0) is 103 Å². The standard InChI is InChI=1S/C45H51N5O5/c51-37-14-16-40-34(27-37)11-15-39(32-5-2-1-3-6-32)44(40)33-9-12-36(13-10-33)49-21-19-31(20-22-49)29-48-23-25-50(26-24-48)43(53)30-55-38-8-4-7-35(28-38)46-41-17-18-42(52)47-45(41)54/h1-10,12-14,16,27-28,31,39,41,44,46,51H,11,15,17-26,29-30H2,(H,47,52,54)/t39-,41?,44+/m1/s1. The topological polar surface area (TPSA) is 114 Å². The quantitative estimate of drug-likeness (QED) is 0.172. The first kappa shape index (κ1) is 36.6. The number of nitrogens with zero attached hydrogens (tertiary/aromatic N) is 3. The first-order valence-corrected chi connectivity index (χ1v) is 19.9. The second-order valence-electron chi connectivity index (χ2n) is 15.6. The molecule has 0 radical (unpaired) electrons. The summed E-state index contributed by atoms with van der Waals surface area (Å²) < 4.78 is 5.86. The molecule has 3 saturated heterocycles. The molecule has 3 N–H and O–H groups in total. The fourth-order valence-corrected chi connectivity index (χ4v) is 9.03. The number of hydrogen-bond acceptors (Lipinski definition) is 8. The van der Waals surface area contributed by atoms with Crippen molar-refractivity contribution in [2.75, 3.05) is 62.6 Å². The number of carbonyl (C=O) groups is 3. The van der Waals surface area contributed by atoms with Gasteiger partial charge in [0.05, 0.1) is 0 Å². The molecule has 3 fully saturated rings. The van der Waals surface area contributed by atoms with Crippen LogP contribution in [0.15, 0.2) is 97.1 Å². The van der Waals surface area contributed by atoms with E-state index < -0.39 is 6.04 Å². The number of carbonyl (C=O) groups excluding carboxylic acids is 3. The molecular weight excluding hydrogens is 691 g/mol. The van der Waals surface area contributed by atoms with Crippen molar-refractivity contribution in [3.05, 3.63) is 119 Å². The van der Waals surface area contributed by atoms with E-state index in [9.17, 15) is 19.5 Å². The number of anilines is 2. The minimum atomic E-state index is -0.478. The molecule has 55 heavy (non-hydrogen) atoms. The third kappa shape index (κ3) is 8.65. The summed E-state index contributed by atoms with van der Waals surface area (Å²) in [5.41, 5.74) is 7.28. The summed E-state index contributed by atoms with van der Waals surface area (Å²) >= 11 is 0. The highest BCUT2D eigenvalue weighted by molar-refractivity contribution is 6.01. The van der Waals surface area contributed by atoms with Crippen molar-refractivity contribution in [2.24, 2.45) is 5.92 Å². The van der Waals surface area contributed by atoms with Crippen LogP contribution in [0.3, 0.4) is 0 Å². The van der Waals surface area contributed by atoms with E-state index in [2.05, 4.69) is 81.1 Å². The van der Waals surface area contributed by atoms with Crippen LogP contribution in [0.5, 0.6) is 11.5 Å². The summed E-state index contributed by atoms with van der Waals surface area (Å²) in [4.78, 5) is 43.5. The third-order valence-electron chi connectivity index (χ3n) is 12.1. The normalized spacial score (nSPS) is 22.1. The smallest absolute Gasteiger partial charge is 0.260 e. The van der Waals surface area contributed by atoms with Gasteiger partial charge < -0.3 is 25.0 Å². The highest BCUT2D eigenvalue weighted by Gasteiger charge is 2.33. The minimum absolute atomic E-state index is 0.0231. The molecule has 4 aromatic rings. The number of benzene rings is 4. The highest BCUT2D eigenvalue weighted by atomic mass is 16.5. The number of ether oxygens (including phenoxy) is 1. The number of aromatic hydroxyl groups is 1. The van der Waals surface area contributed by atoms with Crippen molar-refractivity contribution in [1.82, 2.24) is 15.1 Å². The molecule has 0 saturated carbocycles. The average molecular weight is 742 g/mol. The van der Waals surface area contributed by atoms with Gasteiger partial charge in [-0.15, -0.1) is 0 Å². The predicted molar refractivity (Wildman–Crippen MR) is 214 cm³/mol. The van der Waals surface area contributed by atoms with Gasteiger partial charge in [0.1, 0.15) is 17.5 Å². The van der Waals surface area contributed by atoms with Gasteiger partial charge in [0.2, 0.25) is 11.8 Å². The maximum Gasteiger partial charge on any atom is 0.260 e. The molecule has 3 aliphatic heterocycles. The van der Waals surface area contributed by atoms with Crippen LogP contribution in [0.4, 0.5) is 11.4 Å². The van der Waals surface area contributed by atoms with E-state index in [0.717, 1.165) is 58.4 Å². The van der Waals surface area contributed by atoms with Crippen LogP contribution < -0.4 is 20.3 Å². The van der Waals surface area contributed by atoms with Gasteiger partial charge in [-0.1, -0.05) is 54.6 Å². The Bertz CT molecular complexity index is 1970. The van der Waals surface area contributed by atoms with E-state index in [1.807, 2.05) is 29.2 Å². The Hall–Kier alpha value is -5.35. The number of amides is 3. The zero-order valence-corrected chi connectivity index (χ0v) is 31.4. The SMILES string of the molecule is O=C1CCC(Nc2cccc(OCC(=O)N3CCN(CC4CCN(c5ccc([C@@H]6c7ccc(O)cc7CC[C@@H]6c6ccccc6)cc5)CC4)CC3)c2)C(=O)N1. The number of phenolic OH excluding ortho intramolecular Hbond substituents is 1. The molecule has 8 rings (SSSR count). The number of phenols is 1. The van der Waals surface area contributed by atoms with Crippen molar-refractivity contribution in [3.8, 4) is 11.5 Å². The molecular formula is C45H51N5O5. The largest absolute Gasteiger partial charge is 0.508 e. The Morgan fingerprint density at radius 3 is 2.33 bits per heavy atom.